The lowest BCUT2D eigenvalue weighted by atomic mass is 10.0. The minimum Gasteiger partial charge on any atom is -0.481 e. The predicted molar refractivity (Wildman–Crippen MR) is 69.0 cm³/mol. The first-order valence-corrected chi connectivity index (χ1v) is 6.16. The summed E-state index contributed by atoms with van der Waals surface area (Å²) in [6.07, 6.45) is 6.60. The van der Waals surface area contributed by atoms with E-state index < -0.39 is 5.97 Å². The van der Waals surface area contributed by atoms with Crippen LogP contribution in [0, 0.1) is 0 Å². The molecule has 90 valence electrons. The molecule has 0 saturated carbocycles. The Labute approximate surface area is 102 Å². The molecular formula is C15H18O2. The highest BCUT2D eigenvalue weighted by Gasteiger charge is 2.10. The van der Waals surface area contributed by atoms with E-state index >= 15 is 0 Å². The van der Waals surface area contributed by atoms with Crippen LogP contribution in [0.5, 0.6) is 0 Å². The van der Waals surface area contributed by atoms with E-state index in [2.05, 4.69) is 24.3 Å². The van der Waals surface area contributed by atoms with Crippen LogP contribution in [0.4, 0.5) is 0 Å². The maximum absolute atomic E-state index is 10.5. The number of benzene rings is 1. The average Bonchev–Trinajstić information content (AvgIpc) is 2.73. The van der Waals surface area contributed by atoms with Gasteiger partial charge in [-0.25, -0.2) is 0 Å². The van der Waals surface area contributed by atoms with Gasteiger partial charge in [-0.15, -0.1) is 0 Å². The fourth-order valence-corrected chi connectivity index (χ4v) is 2.34. The van der Waals surface area contributed by atoms with Gasteiger partial charge in [-0.1, -0.05) is 29.8 Å². The molecule has 0 radical (unpaired) electrons. The molecule has 0 amide bonds. The number of aliphatic carboxylic acids is 1. The van der Waals surface area contributed by atoms with Gasteiger partial charge in [-0.2, -0.15) is 0 Å². The predicted octanol–water partition coefficient (Wildman–Crippen LogP) is 3.44. The molecule has 0 aromatic heterocycles. The van der Waals surface area contributed by atoms with E-state index in [9.17, 15) is 4.79 Å². The van der Waals surface area contributed by atoms with Gasteiger partial charge in [0.15, 0.2) is 0 Å². The number of carbonyl (C=O) groups is 1. The molecule has 0 heterocycles. The van der Waals surface area contributed by atoms with Crippen LogP contribution in [0.25, 0.3) is 6.08 Å². The van der Waals surface area contributed by atoms with E-state index in [1.165, 1.54) is 36.0 Å². The first-order valence-electron chi connectivity index (χ1n) is 6.16. The van der Waals surface area contributed by atoms with E-state index in [0.29, 0.717) is 6.42 Å². The number of carboxylic acids is 1. The Balaban J connectivity index is 2.07. The maximum Gasteiger partial charge on any atom is 0.303 e. The van der Waals surface area contributed by atoms with E-state index in [1.807, 2.05) is 6.92 Å². The quantitative estimate of drug-likeness (QED) is 0.860. The number of aryl methyl sites for hydroxylation is 2. The lowest BCUT2D eigenvalue weighted by Crippen LogP contribution is -1.94. The van der Waals surface area contributed by atoms with Crippen LogP contribution in [0.1, 0.15) is 42.9 Å². The summed E-state index contributed by atoms with van der Waals surface area (Å²) in [5.74, 6) is -0.730. The first kappa shape index (κ1) is 11.9. The molecule has 1 aliphatic carbocycles. The summed E-state index contributed by atoms with van der Waals surface area (Å²) < 4.78 is 0. The summed E-state index contributed by atoms with van der Waals surface area (Å²) in [5.41, 5.74) is 5.27. The molecule has 0 atom stereocenters. The SMILES string of the molecule is CC(=Cc1ccc2c(c1)CCC2)CCC(=O)O. The van der Waals surface area contributed by atoms with Crippen molar-refractivity contribution < 1.29 is 9.90 Å². The fraction of sp³-hybridized carbons (Fsp3) is 0.400. The summed E-state index contributed by atoms with van der Waals surface area (Å²) in [6, 6.07) is 6.58. The Kier molecular flexibility index (Phi) is 3.62. The molecule has 1 aliphatic rings. The zero-order valence-electron chi connectivity index (χ0n) is 10.2. The van der Waals surface area contributed by atoms with Gasteiger partial charge in [-0.05, 0) is 49.3 Å². The molecule has 0 spiro atoms. The standard InChI is InChI=1S/C15H18O2/c1-11(5-8-15(16)17)9-12-6-7-13-3-2-4-14(13)10-12/h6-7,9-10H,2-5,8H2,1H3,(H,16,17). The third-order valence-electron chi connectivity index (χ3n) is 3.27. The Morgan fingerprint density at radius 2 is 2.06 bits per heavy atom. The highest BCUT2D eigenvalue weighted by molar-refractivity contribution is 5.67. The molecule has 17 heavy (non-hydrogen) atoms. The average molecular weight is 230 g/mol. The zero-order chi connectivity index (χ0) is 12.3. The Hall–Kier alpha value is -1.57. The van der Waals surface area contributed by atoms with E-state index in [1.54, 1.807) is 0 Å². The Morgan fingerprint density at radius 1 is 1.29 bits per heavy atom. The van der Waals surface area contributed by atoms with Gasteiger partial charge in [0, 0.05) is 6.42 Å². The normalized spacial score (nSPS) is 14.8. The number of fused-ring (bicyclic) bond motifs is 1. The number of hydrogen-bond acceptors (Lipinski definition) is 1. The minimum absolute atomic E-state index is 0.216. The minimum atomic E-state index is -0.730. The van der Waals surface area contributed by atoms with Crippen molar-refractivity contribution in [3.05, 3.63) is 40.5 Å². The molecule has 2 nitrogen and oxygen atoms in total. The molecule has 2 heteroatoms. The molecule has 0 bridgehead atoms. The summed E-state index contributed by atoms with van der Waals surface area (Å²) >= 11 is 0. The van der Waals surface area contributed by atoms with Gasteiger partial charge in [0.25, 0.3) is 0 Å². The monoisotopic (exact) mass is 230 g/mol. The summed E-state index contributed by atoms with van der Waals surface area (Å²) in [6.45, 7) is 2.00. The van der Waals surface area contributed by atoms with Crippen LogP contribution in [0.3, 0.4) is 0 Å². The molecule has 0 saturated heterocycles. The highest BCUT2D eigenvalue weighted by Crippen LogP contribution is 2.24. The molecule has 0 unspecified atom stereocenters. The molecule has 1 aromatic rings. The van der Waals surface area contributed by atoms with Crippen LogP contribution < -0.4 is 0 Å². The Morgan fingerprint density at radius 3 is 2.82 bits per heavy atom. The lowest BCUT2D eigenvalue weighted by molar-refractivity contribution is -0.136. The van der Waals surface area contributed by atoms with Gasteiger partial charge in [0.2, 0.25) is 0 Å². The molecule has 0 aliphatic heterocycles. The van der Waals surface area contributed by atoms with E-state index in [4.69, 9.17) is 5.11 Å². The molecule has 1 N–H and O–H groups in total. The Bertz CT molecular complexity index is 458. The van der Waals surface area contributed by atoms with Gasteiger partial charge < -0.3 is 5.11 Å². The van der Waals surface area contributed by atoms with Crippen molar-refractivity contribution in [3.63, 3.8) is 0 Å². The van der Waals surface area contributed by atoms with Gasteiger partial charge in [0.1, 0.15) is 0 Å². The molecule has 1 aromatic carbocycles. The zero-order valence-corrected chi connectivity index (χ0v) is 10.2. The second kappa shape index (κ2) is 5.17. The van der Waals surface area contributed by atoms with E-state index in [-0.39, 0.29) is 6.42 Å². The topological polar surface area (TPSA) is 37.3 Å². The van der Waals surface area contributed by atoms with Crippen molar-refractivity contribution in [2.75, 3.05) is 0 Å². The molecule has 2 rings (SSSR count). The highest BCUT2D eigenvalue weighted by atomic mass is 16.4. The van der Waals surface area contributed by atoms with Crippen molar-refractivity contribution in [2.45, 2.75) is 39.0 Å². The maximum atomic E-state index is 10.5. The van der Waals surface area contributed by atoms with Crippen LogP contribution in [0.15, 0.2) is 23.8 Å². The van der Waals surface area contributed by atoms with Crippen molar-refractivity contribution in [1.29, 1.82) is 0 Å². The largest absolute Gasteiger partial charge is 0.481 e. The molecular weight excluding hydrogens is 212 g/mol. The van der Waals surface area contributed by atoms with Gasteiger partial charge >= 0.3 is 5.97 Å². The number of hydrogen-bond donors (Lipinski definition) is 1. The van der Waals surface area contributed by atoms with Crippen LogP contribution >= 0.6 is 0 Å². The summed E-state index contributed by atoms with van der Waals surface area (Å²) in [7, 11) is 0. The van der Waals surface area contributed by atoms with E-state index in [0.717, 1.165) is 5.57 Å². The smallest absolute Gasteiger partial charge is 0.303 e. The first-order chi connectivity index (χ1) is 8.15. The van der Waals surface area contributed by atoms with Crippen molar-refractivity contribution in [2.24, 2.45) is 0 Å². The van der Waals surface area contributed by atoms with Gasteiger partial charge in [-0.3, -0.25) is 4.79 Å². The fourth-order valence-electron chi connectivity index (χ4n) is 2.34. The van der Waals surface area contributed by atoms with Crippen LogP contribution in [0.2, 0.25) is 0 Å². The third-order valence-corrected chi connectivity index (χ3v) is 3.27. The second-order valence-electron chi connectivity index (χ2n) is 4.77. The second-order valence-corrected chi connectivity index (χ2v) is 4.77. The van der Waals surface area contributed by atoms with Crippen molar-refractivity contribution in [3.8, 4) is 0 Å². The van der Waals surface area contributed by atoms with Crippen molar-refractivity contribution in [1.82, 2.24) is 0 Å². The number of allylic oxidation sites excluding steroid dienone is 1. The number of rotatable bonds is 4. The number of carboxylic acid groups (broad SMARTS) is 1. The summed E-state index contributed by atoms with van der Waals surface area (Å²) in [5, 5.41) is 8.63. The third kappa shape index (κ3) is 3.19. The van der Waals surface area contributed by atoms with Crippen molar-refractivity contribution >= 4 is 12.0 Å². The van der Waals surface area contributed by atoms with Gasteiger partial charge in [0.05, 0.1) is 0 Å². The van der Waals surface area contributed by atoms with Crippen LogP contribution in [-0.4, -0.2) is 11.1 Å². The van der Waals surface area contributed by atoms with Crippen LogP contribution in [-0.2, 0) is 17.6 Å². The lowest BCUT2D eigenvalue weighted by Gasteiger charge is -2.03. The summed E-state index contributed by atoms with van der Waals surface area (Å²) in [4.78, 5) is 10.5. The molecule has 0 fully saturated rings.